The molecule has 2 aromatic rings. The number of nitrogens with two attached hydrogens (primary N) is 1. The Morgan fingerprint density at radius 2 is 1.74 bits per heavy atom. The number of methoxy groups -OCH3 is 1. The number of urea groups is 1. The summed E-state index contributed by atoms with van der Waals surface area (Å²) in [6.45, 7) is -1.48. The summed E-state index contributed by atoms with van der Waals surface area (Å²) in [6.07, 6.45) is 1.56. The van der Waals surface area contributed by atoms with Gasteiger partial charge in [-0.1, -0.05) is 23.9 Å². The Balaban J connectivity index is 1.93. The first-order chi connectivity index (χ1) is 16.2. The van der Waals surface area contributed by atoms with Crippen LogP contribution in [-0.4, -0.2) is 42.0 Å². The van der Waals surface area contributed by atoms with E-state index in [4.69, 9.17) is 10.5 Å². The van der Waals surface area contributed by atoms with E-state index in [0.29, 0.717) is 17.0 Å². The highest BCUT2D eigenvalue weighted by Crippen LogP contribution is 2.32. The molecule has 178 valence electrons. The number of thioether (sulfide) groups is 1. The smallest absolute Gasteiger partial charge is 0.387 e. The van der Waals surface area contributed by atoms with Crippen LogP contribution in [0.5, 0.6) is 11.5 Å². The molecular formula is C22H20F2N4O5S. The third-order valence-corrected chi connectivity index (χ3v) is 5.52. The summed E-state index contributed by atoms with van der Waals surface area (Å²) in [7, 11) is 1.53. The van der Waals surface area contributed by atoms with Gasteiger partial charge in [0.05, 0.1) is 18.0 Å². The monoisotopic (exact) mass is 490 g/mol. The summed E-state index contributed by atoms with van der Waals surface area (Å²) in [6, 6.07) is 11.3. The van der Waals surface area contributed by atoms with E-state index in [1.807, 2.05) is 5.32 Å². The second kappa shape index (κ2) is 10.8. The van der Waals surface area contributed by atoms with Gasteiger partial charge in [-0.15, -0.1) is 0 Å². The van der Waals surface area contributed by atoms with Crippen LogP contribution in [0.25, 0.3) is 6.08 Å². The largest absolute Gasteiger partial charge is 0.497 e. The Bertz CT molecular complexity index is 1140. The molecule has 0 aliphatic carbocycles. The molecule has 34 heavy (non-hydrogen) atoms. The standard InChI is InChI=1S/C22H20F2N4O5S/c1-12(18(29)27-21(25)31)34-22-26-17(11-13-3-7-15(32-2)8-4-13)19(30)28(22)14-5-9-16(10-6-14)33-20(23)24/h3-12,20H,1-2H3,(H3,25,27,29,31)/b17-11-/t12-/m1/s1. The van der Waals surface area contributed by atoms with Crippen LogP contribution in [0.15, 0.2) is 59.2 Å². The molecule has 0 saturated carbocycles. The van der Waals surface area contributed by atoms with E-state index in [1.54, 1.807) is 30.3 Å². The molecular weight excluding hydrogens is 470 g/mol. The van der Waals surface area contributed by atoms with Gasteiger partial charge < -0.3 is 15.2 Å². The van der Waals surface area contributed by atoms with E-state index in [9.17, 15) is 23.2 Å². The number of benzene rings is 2. The van der Waals surface area contributed by atoms with E-state index < -0.39 is 29.7 Å². The maximum atomic E-state index is 13.2. The number of rotatable bonds is 7. The second-order valence-corrected chi connectivity index (χ2v) is 8.13. The van der Waals surface area contributed by atoms with Crippen molar-refractivity contribution in [3.8, 4) is 11.5 Å². The molecule has 0 unspecified atom stereocenters. The number of amides is 4. The number of halogens is 2. The molecule has 0 fully saturated rings. The van der Waals surface area contributed by atoms with Crippen LogP contribution in [0, 0.1) is 0 Å². The van der Waals surface area contributed by atoms with Crippen molar-refractivity contribution >= 4 is 46.5 Å². The zero-order chi connectivity index (χ0) is 24.8. The van der Waals surface area contributed by atoms with Crippen LogP contribution in [0.1, 0.15) is 12.5 Å². The highest BCUT2D eigenvalue weighted by atomic mass is 32.2. The third kappa shape index (κ3) is 6.10. The maximum Gasteiger partial charge on any atom is 0.387 e. The van der Waals surface area contributed by atoms with Crippen molar-refractivity contribution < 1.29 is 32.6 Å². The summed E-state index contributed by atoms with van der Waals surface area (Å²) in [5.74, 6) is -0.606. The van der Waals surface area contributed by atoms with E-state index in [0.717, 1.165) is 11.8 Å². The molecule has 3 N–H and O–H groups in total. The van der Waals surface area contributed by atoms with Gasteiger partial charge in [0.2, 0.25) is 5.91 Å². The molecule has 1 heterocycles. The molecule has 0 radical (unpaired) electrons. The van der Waals surface area contributed by atoms with Gasteiger partial charge in [0.1, 0.15) is 17.2 Å². The summed E-state index contributed by atoms with van der Waals surface area (Å²) >= 11 is 0.922. The van der Waals surface area contributed by atoms with E-state index >= 15 is 0 Å². The van der Waals surface area contributed by atoms with E-state index in [1.165, 1.54) is 43.2 Å². The number of amidine groups is 1. The number of hydrogen-bond donors (Lipinski definition) is 2. The maximum absolute atomic E-state index is 13.2. The Kier molecular flexibility index (Phi) is 7.84. The van der Waals surface area contributed by atoms with Gasteiger partial charge in [0, 0.05) is 0 Å². The lowest BCUT2D eigenvalue weighted by molar-refractivity contribution is -0.119. The molecule has 12 heteroatoms. The van der Waals surface area contributed by atoms with Crippen molar-refractivity contribution in [3.63, 3.8) is 0 Å². The van der Waals surface area contributed by atoms with Crippen LogP contribution in [0.2, 0.25) is 0 Å². The number of hydrogen-bond acceptors (Lipinski definition) is 7. The van der Waals surface area contributed by atoms with Crippen LogP contribution >= 0.6 is 11.8 Å². The average Bonchev–Trinajstić information content (AvgIpc) is 3.08. The number of aliphatic imine (C=N–C) groups is 1. The minimum absolute atomic E-state index is 0.0836. The first kappa shape index (κ1) is 24.7. The number of primary amides is 1. The van der Waals surface area contributed by atoms with Crippen LogP contribution in [-0.2, 0) is 9.59 Å². The molecule has 1 atom stereocenters. The molecule has 0 spiro atoms. The van der Waals surface area contributed by atoms with E-state index in [2.05, 4.69) is 9.73 Å². The highest BCUT2D eigenvalue weighted by molar-refractivity contribution is 8.15. The molecule has 0 saturated heterocycles. The first-order valence-electron chi connectivity index (χ1n) is 9.78. The third-order valence-electron chi connectivity index (χ3n) is 4.47. The fourth-order valence-corrected chi connectivity index (χ4v) is 3.80. The lowest BCUT2D eigenvalue weighted by Gasteiger charge is -2.20. The van der Waals surface area contributed by atoms with Gasteiger partial charge in [-0.2, -0.15) is 8.78 Å². The summed E-state index contributed by atoms with van der Waals surface area (Å²) in [4.78, 5) is 42.0. The molecule has 1 aliphatic rings. The lowest BCUT2D eigenvalue weighted by Crippen LogP contribution is -2.41. The Morgan fingerprint density at radius 1 is 1.12 bits per heavy atom. The normalized spacial score (nSPS) is 15.3. The fraction of sp³-hybridized carbons (Fsp3) is 0.182. The number of alkyl halides is 2. The molecule has 1 aliphatic heterocycles. The van der Waals surface area contributed by atoms with Gasteiger partial charge in [-0.3, -0.25) is 19.8 Å². The number of nitrogens with zero attached hydrogens (tertiary/aromatic N) is 2. The second-order valence-electron chi connectivity index (χ2n) is 6.82. The van der Waals surface area contributed by atoms with Crippen molar-refractivity contribution in [2.24, 2.45) is 10.7 Å². The molecule has 4 amide bonds. The molecule has 2 aromatic carbocycles. The van der Waals surface area contributed by atoms with Crippen LogP contribution in [0.3, 0.4) is 0 Å². The van der Waals surface area contributed by atoms with Gasteiger partial charge in [-0.25, -0.2) is 9.79 Å². The number of imide groups is 1. The minimum Gasteiger partial charge on any atom is -0.497 e. The predicted molar refractivity (Wildman–Crippen MR) is 124 cm³/mol. The van der Waals surface area contributed by atoms with Gasteiger partial charge in [0.25, 0.3) is 5.91 Å². The van der Waals surface area contributed by atoms with Crippen molar-refractivity contribution in [2.45, 2.75) is 18.8 Å². The van der Waals surface area contributed by atoms with Gasteiger partial charge in [0.15, 0.2) is 5.17 Å². The van der Waals surface area contributed by atoms with E-state index in [-0.39, 0.29) is 16.6 Å². The Labute approximate surface area is 197 Å². The molecule has 3 rings (SSSR count). The summed E-state index contributed by atoms with van der Waals surface area (Å²) in [5, 5.41) is 1.30. The first-order valence-corrected chi connectivity index (χ1v) is 10.7. The highest BCUT2D eigenvalue weighted by Gasteiger charge is 2.34. The van der Waals surface area contributed by atoms with Crippen LogP contribution < -0.4 is 25.4 Å². The number of carbonyl (C=O) groups excluding carboxylic acids is 3. The van der Waals surface area contributed by atoms with Gasteiger partial charge >= 0.3 is 12.6 Å². The zero-order valence-corrected chi connectivity index (χ0v) is 18.8. The number of ether oxygens (including phenoxy) is 2. The number of anilines is 1. The van der Waals surface area contributed by atoms with Crippen LogP contribution in [0.4, 0.5) is 19.3 Å². The summed E-state index contributed by atoms with van der Waals surface area (Å²) < 4.78 is 34.4. The average molecular weight is 490 g/mol. The summed E-state index contributed by atoms with van der Waals surface area (Å²) in [5.41, 5.74) is 6.08. The minimum atomic E-state index is -2.99. The quantitative estimate of drug-likeness (QED) is 0.574. The lowest BCUT2D eigenvalue weighted by atomic mass is 10.2. The molecule has 0 aromatic heterocycles. The number of nitrogens with one attached hydrogen (secondary N) is 1. The van der Waals surface area contributed by atoms with Crippen molar-refractivity contribution in [1.82, 2.24) is 5.32 Å². The fourth-order valence-electron chi connectivity index (χ4n) is 2.87. The predicted octanol–water partition coefficient (Wildman–Crippen LogP) is 3.36. The Hall–Kier alpha value is -3.93. The zero-order valence-electron chi connectivity index (χ0n) is 18.0. The molecule has 9 nitrogen and oxygen atoms in total. The van der Waals surface area contributed by atoms with Crippen molar-refractivity contribution in [1.29, 1.82) is 0 Å². The topological polar surface area (TPSA) is 123 Å². The Morgan fingerprint density at radius 3 is 2.29 bits per heavy atom. The van der Waals surface area contributed by atoms with Crippen molar-refractivity contribution in [2.75, 3.05) is 12.0 Å². The molecule has 0 bridgehead atoms. The van der Waals surface area contributed by atoms with Crippen molar-refractivity contribution in [3.05, 3.63) is 59.8 Å². The van der Waals surface area contributed by atoms with Gasteiger partial charge in [-0.05, 0) is 55.0 Å². The SMILES string of the molecule is COc1ccc(/C=C2\N=C(S[C@H](C)C(=O)NC(N)=O)N(c3ccc(OC(F)F)cc3)C2=O)cc1. The number of carbonyl (C=O) groups is 3.